The highest BCUT2D eigenvalue weighted by molar-refractivity contribution is 6.13. The quantitative estimate of drug-likeness (QED) is 0.182. The predicted molar refractivity (Wildman–Crippen MR) is 219 cm³/mol. The molecule has 0 unspecified atom stereocenters. The molecule has 2 aromatic heterocycles. The lowest BCUT2D eigenvalue weighted by molar-refractivity contribution is 0.620. The summed E-state index contributed by atoms with van der Waals surface area (Å²) in [7, 11) is 0. The standard InChI is InChI=1S/C49H30N2O2/c1-3-12-33-26-37(21-20-31(33)10-1)40-16-7-8-18-44(40)51(38-23-22-32-11-2-4-13-34(32)27-38)39-24-25-41-46(30-39)52-45-19-9-17-42(48(41)45)49-50-43-28-35-14-5-6-15-36(35)29-47(43)53-49/h1-30H. The Bertz CT molecular complexity index is 3150. The van der Waals surface area contributed by atoms with Gasteiger partial charge >= 0.3 is 0 Å². The van der Waals surface area contributed by atoms with Crippen molar-refractivity contribution in [1.29, 1.82) is 0 Å². The van der Waals surface area contributed by atoms with Crippen LogP contribution in [0.25, 0.3) is 87.9 Å². The minimum atomic E-state index is 0.579. The Morgan fingerprint density at radius 1 is 0.396 bits per heavy atom. The molecule has 11 aromatic rings. The van der Waals surface area contributed by atoms with Crippen LogP contribution in [0, 0.1) is 0 Å². The molecule has 0 aliphatic rings. The van der Waals surface area contributed by atoms with Gasteiger partial charge in [-0.25, -0.2) is 4.98 Å². The summed E-state index contributed by atoms with van der Waals surface area (Å²) >= 11 is 0. The van der Waals surface area contributed by atoms with Gasteiger partial charge in [-0.15, -0.1) is 0 Å². The van der Waals surface area contributed by atoms with Gasteiger partial charge in [0.2, 0.25) is 5.89 Å². The summed E-state index contributed by atoms with van der Waals surface area (Å²) in [6.07, 6.45) is 0. The van der Waals surface area contributed by atoms with Crippen molar-refractivity contribution in [3.8, 4) is 22.6 Å². The van der Waals surface area contributed by atoms with Crippen molar-refractivity contribution in [3.63, 3.8) is 0 Å². The third-order valence-corrected chi connectivity index (χ3v) is 10.4. The lowest BCUT2D eigenvalue weighted by atomic mass is 9.98. The summed E-state index contributed by atoms with van der Waals surface area (Å²) in [5.41, 5.74) is 9.52. The smallest absolute Gasteiger partial charge is 0.228 e. The first-order valence-electron chi connectivity index (χ1n) is 17.9. The SMILES string of the molecule is c1ccc(N(c2ccc3ccccc3c2)c2ccc3c(c2)oc2cccc(-c4nc5cc6ccccc6cc5o4)c23)c(-c2ccc3ccccc3c2)c1. The fourth-order valence-corrected chi connectivity index (χ4v) is 7.87. The lowest BCUT2D eigenvalue weighted by Gasteiger charge is -2.28. The molecule has 0 aliphatic carbocycles. The van der Waals surface area contributed by atoms with Gasteiger partial charge in [-0.05, 0) is 98.5 Å². The molecule has 11 rings (SSSR count). The van der Waals surface area contributed by atoms with Crippen molar-refractivity contribution in [2.24, 2.45) is 0 Å². The zero-order chi connectivity index (χ0) is 34.9. The fraction of sp³-hybridized carbons (Fsp3) is 0. The first-order chi connectivity index (χ1) is 26.2. The molecule has 0 bridgehead atoms. The second kappa shape index (κ2) is 11.7. The highest BCUT2D eigenvalue weighted by Gasteiger charge is 2.21. The molecule has 0 atom stereocenters. The molecule has 0 fully saturated rings. The van der Waals surface area contributed by atoms with Gasteiger partial charge in [0.1, 0.15) is 16.7 Å². The van der Waals surface area contributed by atoms with Crippen LogP contribution in [0.5, 0.6) is 0 Å². The number of rotatable bonds is 5. The summed E-state index contributed by atoms with van der Waals surface area (Å²) in [4.78, 5) is 7.30. The first-order valence-corrected chi connectivity index (χ1v) is 17.9. The van der Waals surface area contributed by atoms with Crippen LogP contribution < -0.4 is 4.90 Å². The maximum absolute atomic E-state index is 6.65. The molecular formula is C49H30N2O2. The van der Waals surface area contributed by atoms with E-state index in [1.807, 2.05) is 24.3 Å². The van der Waals surface area contributed by atoms with E-state index in [0.717, 1.165) is 77.6 Å². The Kier molecular flexibility index (Phi) is 6.52. The molecule has 0 saturated heterocycles. The number of nitrogens with zero attached hydrogens (tertiary/aromatic N) is 2. The Morgan fingerprint density at radius 2 is 1.02 bits per heavy atom. The summed E-state index contributed by atoms with van der Waals surface area (Å²) in [6.45, 7) is 0. The molecule has 9 aromatic carbocycles. The zero-order valence-corrected chi connectivity index (χ0v) is 28.5. The van der Waals surface area contributed by atoms with E-state index in [4.69, 9.17) is 13.8 Å². The van der Waals surface area contributed by atoms with Crippen LogP contribution in [0.2, 0.25) is 0 Å². The maximum Gasteiger partial charge on any atom is 0.228 e. The molecule has 2 heterocycles. The molecule has 0 radical (unpaired) electrons. The Balaban J connectivity index is 1.10. The van der Waals surface area contributed by atoms with E-state index in [-0.39, 0.29) is 0 Å². The molecule has 0 N–H and O–H groups in total. The molecule has 248 valence electrons. The summed E-state index contributed by atoms with van der Waals surface area (Å²) < 4.78 is 13.1. The lowest BCUT2D eigenvalue weighted by Crippen LogP contribution is -2.11. The third-order valence-electron chi connectivity index (χ3n) is 10.4. The summed E-state index contributed by atoms with van der Waals surface area (Å²) in [5.74, 6) is 0.579. The van der Waals surface area contributed by atoms with Crippen LogP contribution in [0.1, 0.15) is 0 Å². The minimum Gasteiger partial charge on any atom is -0.456 e. The Morgan fingerprint density at radius 3 is 1.83 bits per heavy atom. The number of para-hydroxylation sites is 1. The van der Waals surface area contributed by atoms with Gasteiger partial charge in [-0.1, -0.05) is 115 Å². The minimum absolute atomic E-state index is 0.579. The highest BCUT2D eigenvalue weighted by Crippen LogP contribution is 2.45. The van der Waals surface area contributed by atoms with Crippen LogP contribution in [0.15, 0.2) is 191 Å². The van der Waals surface area contributed by atoms with Gasteiger partial charge in [0.25, 0.3) is 0 Å². The van der Waals surface area contributed by atoms with Crippen LogP contribution >= 0.6 is 0 Å². The van der Waals surface area contributed by atoms with Crippen molar-refractivity contribution >= 4 is 82.4 Å². The van der Waals surface area contributed by atoms with Crippen LogP contribution in [-0.4, -0.2) is 4.98 Å². The monoisotopic (exact) mass is 678 g/mol. The molecule has 53 heavy (non-hydrogen) atoms. The summed E-state index contributed by atoms with van der Waals surface area (Å²) in [6, 6.07) is 64.1. The van der Waals surface area contributed by atoms with Crippen molar-refractivity contribution < 1.29 is 8.83 Å². The first kappa shape index (κ1) is 29.5. The normalized spacial score (nSPS) is 11.8. The van der Waals surface area contributed by atoms with Crippen LogP contribution in [0.3, 0.4) is 0 Å². The van der Waals surface area contributed by atoms with Gasteiger partial charge in [-0.3, -0.25) is 0 Å². The maximum atomic E-state index is 6.65. The van der Waals surface area contributed by atoms with E-state index in [9.17, 15) is 0 Å². The van der Waals surface area contributed by atoms with Crippen molar-refractivity contribution in [2.45, 2.75) is 0 Å². The van der Waals surface area contributed by atoms with Crippen molar-refractivity contribution in [3.05, 3.63) is 182 Å². The number of aromatic nitrogens is 1. The van der Waals surface area contributed by atoms with Gasteiger partial charge in [0.15, 0.2) is 5.58 Å². The second-order valence-electron chi connectivity index (χ2n) is 13.6. The number of fused-ring (bicyclic) bond motifs is 7. The number of hydrogen-bond acceptors (Lipinski definition) is 4. The molecule has 4 heteroatoms. The number of furan rings is 1. The van der Waals surface area contributed by atoms with Crippen LogP contribution in [-0.2, 0) is 0 Å². The van der Waals surface area contributed by atoms with E-state index >= 15 is 0 Å². The fourth-order valence-electron chi connectivity index (χ4n) is 7.87. The molecule has 0 aliphatic heterocycles. The van der Waals surface area contributed by atoms with E-state index in [2.05, 4.69) is 163 Å². The van der Waals surface area contributed by atoms with E-state index in [1.165, 1.54) is 21.5 Å². The predicted octanol–water partition coefficient (Wildman–Crippen LogP) is 14.0. The zero-order valence-electron chi connectivity index (χ0n) is 28.5. The number of hydrogen-bond donors (Lipinski definition) is 0. The van der Waals surface area contributed by atoms with E-state index in [0.29, 0.717) is 5.89 Å². The number of benzene rings is 9. The largest absolute Gasteiger partial charge is 0.456 e. The average Bonchev–Trinajstić information content (AvgIpc) is 3.81. The van der Waals surface area contributed by atoms with Crippen LogP contribution in [0.4, 0.5) is 17.1 Å². The average molecular weight is 679 g/mol. The van der Waals surface area contributed by atoms with Gasteiger partial charge in [0, 0.05) is 39.3 Å². The van der Waals surface area contributed by atoms with Gasteiger partial charge in [-0.2, -0.15) is 0 Å². The van der Waals surface area contributed by atoms with E-state index < -0.39 is 0 Å². The van der Waals surface area contributed by atoms with Crippen molar-refractivity contribution in [2.75, 3.05) is 4.90 Å². The Hall–Kier alpha value is -7.17. The topological polar surface area (TPSA) is 42.4 Å². The molecule has 0 saturated carbocycles. The van der Waals surface area contributed by atoms with Crippen molar-refractivity contribution in [1.82, 2.24) is 4.98 Å². The van der Waals surface area contributed by atoms with Gasteiger partial charge in [0.05, 0.1) is 5.69 Å². The number of oxazole rings is 1. The molecule has 0 amide bonds. The summed E-state index contributed by atoms with van der Waals surface area (Å²) in [5, 5.41) is 9.07. The molecular weight excluding hydrogens is 649 g/mol. The molecule has 4 nitrogen and oxygen atoms in total. The Labute approximate surface area is 304 Å². The molecule has 0 spiro atoms. The second-order valence-corrected chi connectivity index (χ2v) is 13.6. The van der Waals surface area contributed by atoms with E-state index in [1.54, 1.807) is 0 Å². The number of anilines is 3. The van der Waals surface area contributed by atoms with Gasteiger partial charge < -0.3 is 13.7 Å². The third kappa shape index (κ3) is 4.88. The highest BCUT2D eigenvalue weighted by atomic mass is 16.3.